The van der Waals surface area contributed by atoms with Gasteiger partial charge in [-0.1, -0.05) is 31.9 Å². The average Bonchev–Trinajstić information content (AvgIpc) is 2.29. The van der Waals surface area contributed by atoms with Crippen molar-refractivity contribution in [2.45, 2.75) is 39.7 Å². The van der Waals surface area contributed by atoms with Gasteiger partial charge in [0.05, 0.1) is 10.6 Å². The second-order valence-corrected chi connectivity index (χ2v) is 5.01. The summed E-state index contributed by atoms with van der Waals surface area (Å²) in [6.45, 7) is 6.62. The molecule has 17 heavy (non-hydrogen) atoms. The summed E-state index contributed by atoms with van der Waals surface area (Å²) < 4.78 is 0. The molecule has 0 bridgehead atoms. The Kier molecular flexibility index (Phi) is 5.31. The van der Waals surface area contributed by atoms with Crippen LogP contribution < -0.4 is 5.32 Å². The molecule has 2 nitrogen and oxygen atoms in total. The van der Waals surface area contributed by atoms with Gasteiger partial charge in [0.25, 0.3) is 0 Å². The Bertz CT molecular complexity index is 409. The normalized spacial score (nSPS) is 13.8. The first-order valence-corrected chi connectivity index (χ1v) is 6.40. The fourth-order valence-electron chi connectivity index (χ4n) is 1.81. The summed E-state index contributed by atoms with van der Waals surface area (Å²) in [7, 11) is 0. The van der Waals surface area contributed by atoms with Gasteiger partial charge in [0.2, 0.25) is 0 Å². The van der Waals surface area contributed by atoms with Gasteiger partial charge in [-0.2, -0.15) is 5.26 Å². The van der Waals surface area contributed by atoms with Crippen molar-refractivity contribution in [1.82, 2.24) is 0 Å². The van der Waals surface area contributed by atoms with Crippen molar-refractivity contribution in [2.24, 2.45) is 5.92 Å². The first-order chi connectivity index (χ1) is 8.06. The lowest BCUT2D eigenvalue weighted by Gasteiger charge is -2.18. The second kappa shape index (κ2) is 6.51. The van der Waals surface area contributed by atoms with Crippen LogP contribution in [0.1, 0.15) is 39.2 Å². The summed E-state index contributed by atoms with van der Waals surface area (Å²) in [5, 5.41) is 12.7. The van der Waals surface area contributed by atoms with E-state index in [0.717, 1.165) is 12.1 Å². The Balaban J connectivity index is 2.63. The summed E-state index contributed by atoms with van der Waals surface area (Å²) in [5.74, 6) is 0.714. The van der Waals surface area contributed by atoms with Gasteiger partial charge in [0.15, 0.2) is 0 Å². The summed E-state index contributed by atoms with van der Waals surface area (Å²) in [6.07, 6.45) is 2.33. The summed E-state index contributed by atoms with van der Waals surface area (Å²) in [5.41, 5.74) is 1.50. The third kappa shape index (κ3) is 4.28. The van der Waals surface area contributed by atoms with E-state index >= 15 is 0 Å². The van der Waals surface area contributed by atoms with E-state index < -0.39 is 0 Å². The topological polar surface area (TPSA) is 35.8 Å². The van der Waals surface area contributed by atoms with Gasteiger partial charge in [-0.25, -0.2) is 0 Å². The number of nitrogens with zero attached hydrogens (tertiary/aromatic N) is 1. The number of hydrogen-bond acceptors (Lipinski definition) is 2. The van der Waals surface area contributed by atoms with Crippen LogP contribution in [0.25, 0.3) is 0 Å². The lowest BCUT2D eigenvalue weighted by Crippen LogP contribution is -2.18. The van der Waals surface area contributed by atoms with Crippen molar-refractivity contribution in [3.8, 4) is 6.07 Å². The maximum Gasteiger partial charge on any atom is 0.101 e. The Hall–Kier alpha value is -1.20. The first-order valence-electron chi connectivity index (χ1n) is 6.03. The molecule has 3 heteroatoms. The second-order valence-electron chi connectivity index (χ2n) is 4.60. The Morgan fingerprint density at radius 1 is 1.41 bits per heavy atom. The number of hydrogen-bond donors (Lipinski definition) is 1. The zero-order valence-electron chi connectivity index (χ0n) is 10.6. The molecule has 0 spiro atoms. The fourth-order valence-corrected chi connectivity index (χ4v) is 2.03. The highest BCUT2D eigenvalue weighted by atomic mass is 35.5. The number of anilines is 1. The molecule has 1 N–H and O–H groups in total. The minimum atomic E-state index is 0.411. The van der Waals surface area contributed by atoms with Crippen LogP contribution in [0, 0.1) is 17.2 Å². The molecule has 2 unspecified atom stereocenters. The maximum atomic E-state index is 8.79. The molecule has 0 aliphatic heterocycles. The van der Waals surface area contributed by atoms with E-state index in [1.165, 1.54) is 6.42 Å². The maximum absolute atomic E-state index is 8.79. The lowest BCUT2D eigenvalue weighted by molar-refractivity contribution is 0.484. The highest BCUT2D eigenvalue weighted by Gasteiger charge is 2.08. The molecule has 0 aliphatic carbocycles. The third-order valence-corrected chi connectivity index (χ3v) is 3.27. The Morgan fingerprint density at radius 2 is 2.12 bits per heavy atom. The zero-order valence-corrected chi connectivity index (χ0v) is 11.4. The lowest BCUT2D eigenvalue weighted by atomic mass is 10.0. The molecule has 0 saturated heterocycles. The van der Waals surface area contributed by atoms with Gasteiger partial charge in [0, 0.05) is 11.7 Å². The predicted molar refractivity (Wildman–Crippen MR) is 73.3 cm³/mol. The van der Waals surface area contributed by atoms with Crippen molar-refractivity contribution in [2.75, 3.05) is 5.32 Å². The quantitative estimate of drug-likeness (QED) is 0.838. The molecule has 0 radical (unpaired) electrons. The minimum Gasteiger partial charge on any atom is -0.383 e. The van der Waals surface area contributed by atoms with Crippen LogP contribution in [0.2, 0.25) is 5.02 Å². The predicted octanol–water partition coefficient (Wildman–Crippen LogP) is 4.45. The third-order valence-electron chi connectivity index (χ3n) is 2.96. The van der Waals surface area contributed by atoms with Crippen molar-refractivity contribution in [1.29, 1.82) is 5.26 Å². The minimum absolute atomic E-state index is 0.411. The fraction of sp³-hybridized carbons (Fsp3) is 0.500. The Morgan fingerprint density at radius 3 is 2.65 bits per heavy atom. The monoisotopic (exact) mass is 250 g/mol. The van der Waals surface area contributed by atoms with Gasteiger partial charge in [0.1, 0.15) is 6.07 Å². The van der Waals surface area contributed by atoms with Gasteiger partial charge in [-0.15, -0.1) is 0 Å². The molecule has 0 fully saturated rings. The van der Waals surface area contributed by atoms with Crippen LogP contribution in [-0.2, 0) is 0 Å². The van der Waals surface area contributed by atoms with E-state index in [1.807, 2.05) is 12.1 Å². The average molecular weight is 251 g/mol. The number of nitriles is 1. The van der Waals surface area contributed by atoms with Crippen LogP contribution in [0.4, 0.5) is 5.69 Å². The molecule has 1 rings (SSSR count). The number of benzene rings is 1. The molecular formula is C14H19ClN2. The van der Waals surface area contributed by atoms with Gasteiger partial charge in [-0.05, 0) is 37.5 Å². The van der Waals surface area contributed by atoms with E-state index in [-0.39, 0.29) is 0 Å². The molecule has 2 atom stereocenters. The van der Waals surface area contributed by atoms with Gasteiger partial charge in [-0.3, -0.25) is 0 Å². The van der Waals surface area contributed by atoms with Crippen molar-refractivity contribution in [3.63, 3.8) is 0 Å². The standard InChI is InChI=1S/C14H19ClN2/c1-4-10(2)7-11(3)17-13-6-5-12(9-16)14(15)8-13/h5-6,8,10-11,17H,4,7H2,1-3H3. The Labute approximate surface area is 109 Å². The molecule has 0 aliphatic rings. The van der Waals surface area contributed by atoms with Crippen molar-refractivity contribution >= 4 is 17.3 Å². The molecule has 0 heterocycles. The molecular weight excluding hydrogens is 232 g/mol. The van der Waals surface area contributed by atoms with E-state index in [4.69, 9.17) is 16.9 Å². The number of rotatable bonds is 5. The van der Waals surface area contributed by atoms with E-state index in [2.05, 4.69) is 32.2 Å². The smallest absolute Gasteiger partial charge is 0.101 e. The van der Waals surface area contributed by atoms with Crippen molar-refractivity contribution in [3.05, 3.63) is 28.8 Å². The summed E-state index contributed by atoms with van der Waals surface area (Å²) >= 11 is 5.98. The van der Waals surface area contributed by atoms with E-state index in [0.29, 0.717) is 22.5 Å². The van der Waals surface area contributed by atoms with Crippen LogP contribution in [-0.4, -0.2) is 6.04 Å². The van der Waals surface area contributed by atoms with Crippen LogP contribution in [0.3, 0.4) is 0 Å². The number of nitrogens with one attached hydrogen (secondary N) is 1. The molecule has 0 amide bonds. The molecule has 1 aromatic carbocycles. The SMILES string of the molecule is CCC(C)CC(C)Nc1ccc(C#N)c(Cl)c1. The van der Waals surface area contributed by atoms with Gasteiger partial charge >= 0.3 is 0 Å². The summed E-state index contributed by atoms with van der Waals surface area (Å²) in [6, 6.07) is 7.93. The van der Waals surface area contributed by atoms with Crippen LogP contribution >= 0.6 is 11.6 Å². The highest BCUT2D eigenvalue weighted by Crippen LogP contribution is 2.22. The molecule has 0 saturated carbocycles. The van der Waals surface area contributed by atoms with E-state index in [1.54, 1.807) is 6.07 Å². The molecule has 92 valence electrons. The van der Waals surface area contributed by atoms with E-state index in [9.17, 15) is 0 Å². The molecule has 1 aromatic rings. The molecule has 0 aromatic heterocycles. The first kappa shape index (κ1) is 13.9. The largest absolute Gasteiger partial charge is 0.383 e. The highest BCUT2D eigenvalue weighted by molar-refractivity contribution is 6.32. The van der Waals surface area contributed by atoms with Crippen LogP contribution in [0.15, 0.2) is 18.2 Å². The number of halogens is 1. The van der Waals surface area contributed by atoms with Crippen LogP contribution in [0.5, 0.6) is 0 Å². The summed E-state index contributed by atoms with van der Waals surface area (Å²) in [4.78, 5) is 0. The zero-order chi connectivity index (χ0) is 12.8. The van der Waals surface area contributed by atoms with Gasteiger partial charge < -0.3 is 5.32 Å². The van der Waals surface area contributed by atoms with Crippen molar-refractivity contribution < 1.29 is 0 Å².